The summed E-state index contributed by atoms with van der Waals surface area (Å²) in [5, 5.41) is 4.69. The highest BCUT2D eigenvalue weighted by molar-refractivity contribution is 5.81. The van der Waals surface area contributed by atoms with E-state index in [4.69, 9.17) is 0 Å². The molecule has 1 unspecified atom stereocenters. The lowest BCUT2D eigenvalue weighted by molar-refractivity contribution is -0.134. The molecule has 0 N–H and O–H groups in total. The second-order valence-corrected chi connectivity index (χ2v) is 9.46. The number of nitrogens with zero attached hydrogens (tertiary/aromatic N) is 4. The number of carbonyl (C=O) groups is 1. The first-order valence-corrected chi connectivity index (χ1v) is 11.0. The van der Waals surface area contributed by atoms with Crippen LogP contribution < -0.4 is 5.69 Å². The molecule has 0 radical (unpaired) electrons. The van der Waals surface area contributed by atoms with Crippen molar-refractivity contribution in [3.63, 3.8) is 0 Å². The molecule has 1 saturated heterocycles. The minimum atomic E-state index is -0.375. The van der Waals surface area contributed by atoms with Crippen molar-refractivity contribution in [3.05, 3.63) is 51.7 Å². The summed E-state index contributed by atoms with van der Waals surface area (Å²) in [6, 6.07) is 8.28. The molecule has 3 aliphatic rings. The van der Waals surface area contributed by atoms with Crippen molar-refractivity contribution in [2.75, 3.05) is 13.1 Å². The summed E-state index contributed by atoms with van der Waals surface area (Å²) in [6.07, 6.45) is 5.65. The van der Waals surface area contributed by atoms with Crippen molar-refractivity contribution in [3.8, 4) is 0 Å². The number of aromatic nitrogens is 3. The van der Waals surface area contributed by atoms with Gasteiger partial charge in [0.2, 0.25) is 5.91 Å². The molecular formula is C23H30N4O2. The minimum Gasteiger partial charge on any atom is -0.341 e. The summed E-state index contributed by atoms with van der Waals surface area (Å²) in [5.74, 6) is 1.44. The first-order chi connectivity index (χ1) is 14.0. The normalized spacial score (nSPS) is 25.1. The monoisotopic (exact) mass is 394 g/mol. The molecule has 1 saturated carbocycles. The highest BCUT2D eigenvalue weighted by Gasteiger charge is 2.46. The molecule has 2 aromatic rings. The molecule has 2 aliphatic heterocycles. The standard InChI is InChI=1S/C23H30N4O2/c1-16-6-8-18(9-7-16)23(11-12-23)15-26-22(29)27-19(4-3-5-20(27)24-26)21(28)25-13-10-17(2)14-25/h6-9,17,19H,3-5,10-15H2,1-2H3/t17?,19-/m0/s1. The molecule has 5 rings (SSSR count). The first kappa shape index (κ1) is 18.6. The molecule has 2 atom stereocenters. The van der Waals surface area contributed by atoms with Crippen molar-refractivity contribution < 1.29 is 4.79 Å². The summed E-state index contributed by atoms with van der Waals surface area (Å²) in [7, 11) is 0. The number of likely N-dealkylation sites (tertiary alicyclic amines) is 1. The van der Waals surface area contributed by atoms with Gasteiger partial charge in [0.1, 0.15) is 11.9 Å². The molecule has 6 heteroatoms. The van der Waals surface area contributed by atoms with Crippen molar-refractivity contribution in [1.29, 1.82) is 0 Å². The van der Waals surface area contributed by atoms with Gasteiger partial charge in [0, 0.05) is 24.9 Å². The van der Waals surface area contributed by atoms with Crippen molar-refractivity contribution in [2.45, 2.75) is 70.4 Å². The van der Waals surface area contributed by atoms with Crippen LogP contribution in [0.2, 0.25) is 0 Å². The van der Waals surface area contributed by atoms with Crippen molar-refractivity contribution in [2.24, 2.45) is 5.92 Å². The average Bonchev–Trinajstić information content (AvgIpc) is 3.26. The van der Waals surface area contributed by atoms with E-state index in [9.17, 15) is 9.59 Å². The summed E-state index contributed by atoms with van der Waals surface area (Å²) < 4.78 is 3.35. The Hall–Kier alpha value is -2.37. The lowest BCUT2D eigenvalue weighted by atomic mass is 9.95. The molecule has 3 heterocycles. The quantitative estimate of drug-likeness (QED) is 0.801. The Morgan fingerprint density at radius 2 is 1.97 bits per heavy atom. The van der Waals surface area contributed by atoms with Crippen molar-refractivity contribution >= 4 is 5.91 Å². The second kappa shape index (κ2) is 6.85. The number of benzene rings is 1. The molecule has 0 spiro atoms. The molecule has 0 bridgehead atoms. The highest BCUT2D eigenvalue weighted by atomic mass is 16.2. The molecule has 2 fully saturated rings. The zero-order valence-corrected chi connectivity index (χ0v) is 17.4. The largest absolute Gasteiger partial charge is 0.346 e. The molecule has 29 heavy (non-hydrogen) atoms. The summed E-state index contributed by atoms with van der Waals surface area (Å²) in [5.41, 5.74) is 2.45. The van der Waals surface area contributed by atoms with Crippen LogP contribution in [-0.2, 0) is 23.2 Å². The third kappa shape index (κ3) is 3.22. The fourth-order valence-electron chi connectivity index (χ4n) is 5.10. The molecule has 1 aromatic heterocycles. The van der Waals surface area contributed by atoms with E-state index in [0.29, 0.717) is 12.5 Å². The Labute approximate surface area is 171 Å². The molecule has 154 valence electrons. The number of rotatable bonds is 4. The van der Waals surface area contributed by atoms with E-state index < -0.39 is 0 Å². The summed E-state index contributed by atoms with van der Waals surface area (Å²) in [4.78, 5) is 28.4. The third-order valence-electron chi connectivity index (χ3n) is 7.12. The number of hydrogen-bond donors (Lipinski definition) is 0. The van der Waals surface area contributed by atoms with Gasteiger partial charge in [-0.1, -0.05) is 36.8 Å². The van der Waals surface area contributed by atoms with E-state index in [0.717, 1.165) is 57.4 Å². The number of aryl methyl sites for hydroxylation is 2. The zero-order valence-electron chi connectivity index (χ0n) is 17.4. The van der Waals surface area contributed by atoms with Gasteiger partial charge in [0.25, 0.3) is 0 Å². The number of carbonyl (C=O) groups excluding carboxylic acids is 1. The van der Waals surface area contributed by atoms with Crippen LogP contribution in [0.15, 0.2) is 29.1 Å². The number of fused-ring (bicyclic) bond motifs is 1. The van der Waals surface area contributed by atoms with Gasteiger partial charge >= 0.3 is 5.69 Å². The Morgan fingerprint density at radius 3 is 2.62 bits per heavy atom. The Balaban J connectivity index is 1.43. The fourth-order valence-corrected chi connectivity index (χ4v) is 5.10. The van der Waals surface area contributed by atoms with Crippen LogP contribution in [0.3, 0.4) is 0 Å². The smallest absolute Gasteiger partial charge is 0.341 e. The Bertz CT molecular complexity index is 983. The van der Waals surface area contributed by atoms with E-state index in [-0.39, 0.29) is 23.1 Å². The van der Waals surface area contributed by atoms with Crippen LogP contribution in [0, 0.1) is 12.8 Å². The summed E-state index contributed by atoms with van der Waals surface area (Å²) in [6.45, 7) is 6.51. The number of hydrogen-bond acceptors (Lipinski definition) is 3. The molecule has 1 aromatic carbocycles. The summed E-state index contributed by atoms with van der Waals surface area (Å²) >= 11 is 0. The van der Waals surface area contributed by atoms with E-state index in [2.05, 4.69) is 43.2 Å². The van der Waals surface area contributed by atoms with Crippen molar-refractivity contribution in [1.82, 2.24) is 19.2 Å². The van der Waals surface area contributed by atoms with Crippen LogP contribution in [0.4, 0.5) is 0 Å². The maximum absolute atomic E-state index is 13.3. The minimum absolute atomic E-state index is 0.0198. The van der Waals surface area contributed by atoms with Gasteiger partial charge in [0.15, 0.2) is 0 Å². The fraction of sp³-hybridized carbons (Fsp3) is 0.609. The van der Waals surface area contributed by atoms with Gasteiger partial charge in [-0.05, 0) is 50.5 Å². The second-order valence-electron chi connectivity index (χ2n) is 9.46. The zero-order chi connectivity index (χ0) is 20.2. The van der Waals surface area contributed by atoms with Gasteiger partial charge in [-0.2, -0.15) is 5.10 Å². The van der Waals surface area contributed by atoms with Gasteiger partial charge in [-0.3, -0.25) is 9.36 Å². The SMILES string of the molecule is Cc1ccc(C2(Cn3nc4n(c3=O)[C@H](C(=O)N3CCC(C)C3)CCC4)CC2)cc1. The van der Waals surface area contributed by atoms with Gasteiger partial charge in [-0.25, -0.2) is 9.48 Å². The average molecular weight is 395 g/mol. The van der Waals surface area contributed by atoms with Gasteiger partial charge in [-0.15, -0.1) is 0 Å². The van der Waals surface area contributed by atoms with Gasteiger partial charge in [0.05, 0.1) is 6.54 Å². The van der Waals surface area contributed by atoms with Crippen LogP contribution >= 0.6 is 0 Å². The first-order valence-electron chi connectivity index (χ1n) is 11.0. The van der Waals surface area contributed by atoms with E-state index in [1.165, 1.54) is 11.1 Å². The Morgan fingerprint density at radius 1 is 1.21 bits per heavy atom. The van der Waals surface area contributed by atoms with E-state index >= 15 is 0 Å². The highest BCUT2D eigenvalue weighted by Crippen LogP contribution is 2.49. The molecule has 1 aliphatic carbocycles. The third-order valence-corrected chi connectivity index (χ3v) is 7.12. The van der Waals surface area contributed by atoms with Crippen LogP contribution in [0.1, 0.15) is 62.0 Å². The predicted octanol–water partition coefficient (Wildman–Crippen LogP) is 2.83. The van der Waals surface area contributed by atoms with Crippen LogP contribution in [0.25, 0.3) is 0 Å². The molecule has 1 amide bonds. The molecular weight excluding hydrogens is 364 g/mol. The van der Waals surface area contributed by atoms with Gasteiger partial charge < -0.3 is 4.90 Å². The lowest BCUT2D eigenvalue weighted by Crippen LogP contribution is -2.42. The lowest BCUT2D eigenvalue weighted by Gasteiger charge is -2.27. The van der Waals surface area contributed by atoms with E-state index in [1.54, 1.807) is 9.25 Å². The molecule has 6 nitrogen and oxygen atoms in total. The van der Waals surface area contributed by atoms with Crippen LogP contribution in [-0.4, -0.2) is 38.2 Å². The predicted molar refractivity (Wildman–Crippen MR) is 111 cm³/mol. The van der Waals surface area contributed by atoms with E-state index in [1.807, 2.05) is 4.90 Å². The van der Waals surface area contributed by atoms with Crippen LogP contribution in [0.5, 0.6) is 0 Å². The number of amides is 1. The maximum Gasteiger partial charge on any atom is 0.346 e. The Kier molecular flexibility index (Phi) is 4.41. The topological polar surface area (TPSA) is 60.1 Å². The maximum atomic E-state index is 13.3.